The molecule has 3 nitrogen and oxygen atoms in total. The molecule has 1 rings (SSSR count). The van der Waals surface area contributed by atoms with Gasteiger partial charge in [0.15, 0.2) is 0 Å². The van der Waals surface area contributed by atoms with Crippen LogP contribution in [-0.4, -0.2) is 12.0 Å². The minimum Gasteiger partial charge on any atom is -0.374 e. The zero-order chi connectivity index (χ0) is 11.3. The van der Waals surface area contributed by atoms with Gasteiger partial charge in [0.25, 0.3) is 0 Å². The Balaban J connectivity index is 2.72. The molecular formula is C12H17NO2. The standard InChI is InChI=1S/C12H17NO2/c1-9(2)15-8-11-6-4-5-7-12(11)13-10(3)14/h4-7,9H,8H2,1-3H3,(H,13,14). The fraction of sp³-hybridized carbons (Fsp3) is 0.417. The molecule has 0 spiro atoms. The Labute approximate surface area is 90.4 Å². The largest absolute Gasteiger partial charge is 0.374 e. The van der Waals surface area contributed by atoms with Crippen molar-refractivity contribution >= 4 is 11.6 Å². The second kappa shape index (κ2) is 5.51. The number of ether oxygens (including phenoxy) is 1. The summed E-state index contributed by atoms with van der Waals surface area (Å²) in [5.41, 5.74) is 1.83. The minimum atomic E-state index is -0.0630. The quantitative estimate of drug-likeness (QED) is 0.824. The molecule has 0 fully saturated rings. The topological polar surface area (TPSA) is 38.3 Å². The van der Waals surface area contributed by atoms with Crippen LogP contribution in [0.4, 0.5) is 5.69 Å². The Hall–Kier alpha value is -1.35. The predicted octanol–water partition coefficient (Wildman–Crippen LogP) is 2.57. The number of amides is 1. The maximum Gasteiger partial charge on any atom is 0.221 e. The van der Waals surface area contributed by atoms with E-state index in [4.69, 9.17) is 4.74 Å². The van der Waals surface area contributed by atoms with E-state index >= 15 is 0 Å². The van der Waals surface area contributed by atoms with Crippen LogP contribution in [0.15, 0.2) is 24.3 Å². The Morgan fingerprint density at radius 3 is 2.67 bits per heavy atom. The Morgan fingerprint density at radius 1 is 1.40 bits per heavy atom. The number of hydrogen-bond acceptors (Lipinski definition) is 2. The van der Waals surface area contributed by atoms with Crippen LogP contribution >= 0.6 is 0 Å². The van der Waals surface area contributed by atoms with Crippen molar-refractivity contribution in [2.24, 2.45) is 0 Å². The van der Waals surface area contributed by atoms with E-state index in [1.165, 1.54) is 6.92 Å². The first-order chi connectivity index (χ1) is 7.09. The molecule has 0 bridgehead atoms. The molecule has 0 radical (unpaired) electrons. The SMILES string of the molecule is CC(=O)Nc1ccccc1COC(C)C. The van der Waals surface area contributed by atoms with E-state index in [0.717, 1.165) is 11.3 Å². The van der Waals surface area contributed by atoms with Crippen molar-refractivity contribution in [3.8, 4) is 0 Å². The van der Waals surface area contributed by atoms with E-state index in [9.17, 15) is 4.79 Å². The summed E-state index contributed by atoms with van der Waals surface area (Å²) in [6.45, 7) is 6.00. The first kappa shape index (κ1) is 11.7. The van der Waals surface area contributed by atoms with Gasteiger partial charge in [-0.25, -0.2) is 0 Å². The van der Waals surface area contributed by atoms with Gasteiger partial charge in [-0.15, -0.1) is 0 Å². The summed E-state index contributed by atoms with van der Waals surface area (Å²) < 4.78 is 5.50. The van der Waals surface area contributed by atoms with E-state index in [1.807, 2.05) is 38.1 Å². The Kier molecular flexibility index (Phi) is 4.31. The van der Waals surface area contributed by atoms with Crippen LogP contribution in [0.2, 0.25) is 0 Å². The first-order valence-corrected chi connectivity index (χ1v) is 5.06. The molecule has 0 aromatic heterocycles. The molecule has 0 saturated heterocycles. The van der Waals surface area contributed by atoms with E-state index in [1.54, 1.807) is 0 Å². The second-order valence-corrected chi connectivity index (χ2v) is 3.70. The molecular weight excluding hydrogens is 190 g/mol. The van der Waals surface area contributed by atoms with Crippen molar-refractivity contribution < 1.29 is 9.53 Å². The number of benzene rings is 1. The van der Waals surface area contributed by atoms with Crippen LogP contribution in [0.5, 0.6) is 0 Å². The summed E-state index contributed by atoms with van der Waals surface area (Å²) >= 11 is 0. The number of hydrogen-bond donors (Lipinski definition) is 1. The summed E-state index contributed by atoms with van der Waals surface area (Å²) in [5.74, 6) is -0.0630. The summed E-state index contributed by atoms with van der Waals surface area (Å²) in [5, 5.41) is 2.78. The van der Waals surface area contributed by atoms with Crippen molar-refractivity contribution in [2.75, 3.05) is 5.32 Å². The van der Waals surface area contributed by atoms with E-state index < -0.39 is 0 Å². The number of carbonyl (C=O) groups excluding carboxylic acids is 1. The predicted molar refractivity (Wildman–Crippen MR) is 60.7 cm³/mol. The highest BCUT2D eigenvalue weighted by Gasteiger charge is 2.03. The van der Waals surface area contributed by atoms with Crippen LogP contribution in [0, 0.1) is 0 Å². The normalized spacial score (nSPS) is 10.4. The Bertz CT molecular complexity index is 334. The number of rotatable bonds is 4. The molecule has 1 N–H and O–H groups in total. The van der Waals surface area contributed by atoms with Crippen molar-refractivity contribution in [1.82, 2.24) is 0 Å². The minimum absolute atomic E-state index is 0.0630. The number of nitrogens with one attached hydrogen (secondary N) is 1. The third-order valence-corrected chi connectivity index (χ3v) is 1.90. The summed E-state index contributed by atoms with van der Waals surface area (Å²) in [6.07, 6.45) is 0.190. The van der Waals surface area contributed by atoms with Crippen LogP contribution < -0.4 is 5.32 Å². The maximum absolute atomic E-state index is 11.0. The lowest BCUT2D eigenvalue weighted by molar-refractivity contribution is -0.114. The molecule has 0 aliphatic rings. The highest BCUT2D eigenvalue weighted by Crippen LogP contribution is 2.16. The molecule has 3 heteroatoms. The molecule has 1 amide bonds. The van der Waals surface area contributed by atoms with Gasteiger partial charge in [0.1, 0.15) is 0 Å². The second-order valence-electron chi connectivity index (χ2n) is 3.70. The van der Waals surface area contributed by atoms with Gasteiger partial charge >= 0.3 is 0 Å². The molecule has 15 heavy (non-hydrogen) atoms. The molecule has 0 atom stereocenters. The molecule has 0 unspecified atom stereocenters. The Morgan fingerprint density at radius 2 is 2.07 bits per heavy atom. The van der Waals surface area contributed by atoms with E-state index in [2.05, 4.69) is 5.32 Å². The lowest BCUT2D eigenvalue weighted by atomic mass is 10.2. The molecule has 0 aliphatic heterocycles. The van der Waals surface area contributed by atoms with Crippen molar-refractivity contribution in [2.45, 2.75) is 33.5 Å². The van der Waals surface area contributed by atoms with Gasteiger partial charge in [-0.3, -0.25) is 4.79 Å². The number of anilines is 1. The van der Waals surface area contributed by atoms with Gasteiger partial charge in [0.2, 0.25) is 5.91 Å². The van der Waals surface area contributed by atoms with Crippen molar-refractivity contribution in [3.05, 3.63) is 29.8 Å². The van der Waals surface area contributed by atoms with Gasteiger partial charge in [-0.05, 0) is 19.9 Å². The zero-order valence-electron chi connectivity index (χ0n) is 9.41. The van der Waals surface area contributed by atoms with Crippen molar-refractivity contribution in [3.63, 3.8) is 0 Å². The average molecular weight is 207 g/mol. The number of para-hydroxylation sites is 1. The lowest BCUT2D eigenvalue weighted by Gasteiger charge is -2.11. The average Bonchev–Trinajstić information content (AvgIpc) is 2.15. The fourth-order valence-electron chi connectivity index (χ4n) is 1.21. The third kappa shape index (κ3) is 4.13. The van der Waals surface area contributed by atoms with Gasteiger partial charge in [-0.2, -0.15) is 0 Å². The van der Waals surface area contributed by atoms with Gasteiger partial charge in [0.05, 0.1) is 12.7 Å². The smallest absolute Gasteiger partial charge is 0.221 e. The van der Waals surface area contributed by atoms with Crippen LogP contribution in [0.1, 0.15) is 26.3 Å². The monoisotopic (exact) mass is 207 g/mol. The van der Waals surface area contributed by atoms with Crippen molar-refractivity contribution in [1.29, 1.82) is 0 Å². The zero-order valence-corrected chi connectivity index (χ0v) is 9.41. The summed E-state index contributed by atoms with van der Waals surface area (Å²) in [4.78, 5) is 11.0. The molecule has 1 aromatic rings. The van der Waals surface area contributed by atoms with Gasteiger partial charge in [0, 0.05) is 18.2 Å². The molecule has 82 valence electrons. The maximum atomic E-state index is 11.0. The molecule has 0 saturated carbocycles. The molecule has 1 aromatic carbocycles. The first-order valence-electron chi connectivity index (χ1n) is 5.06. The highest BCUT2D eigenvalue weighted by molar-refractivity contribution is 5.89. The molecule has 0 heterocycles. The molecule has 0 aliphatic carbocycles. The number of carbonyl (C=O) groups is 1. The van der Waals surface area contributed by atoms with E-state index in [0.29, 0.717) is 6.61 Å². The van der Waals surface area contributed by atoms with Gasteiger partial charge < -0.3 is 10.1 Å². The lowest BCUT2D eigenvalue weighted by Crippen LogP contribution is -2.10. The summed E-state index contributed by atoms with van der Waals surface area (Å²) in [6, 6.07) is 7.66. The summed E-state index contributed by atoms with van der Waals surface area (Å²) in [7, 11) is 0. The van der Waals surface area contributed by atoms with Crippen LogP contribution in [0.3, 0.4) is 0 Å². The fourth-order valence-corrected chi connectivity index (χ4v) is 1.21. The van der Waals surface area contributed by atoms with E-state index in [-0.39, 0.29) is 12.0 Å². The third-order valence-electron chi connectivity index (χ3n) is 1.90. The van der Waals surface area contributed by atoms with Crippen LogP contribution in [0.25, 0.3) is 0 Å². The van der Waals surface area contributed by atoms with Gasteiger partial charge in [-0.1, -0.05) is 18.2 Å². The highest BCUT2D eigenvalue weighted by atomic mass is 16.5. The van der Waals surface area contributed by atoms with Crippen LogP contribution in [-0.2, 0) is 16.1 Å².